The largest absolute Gasteiger partial charge is 0.344 e. The summed E-state index contributed by atoms with van der Waals surface area (Å²) in [5.41, 5.74) is 6.53. The quantitative estimate of drug-likeness (QED) is 0.705. The van der Waals surface area contributed by atoms with Gasteiger partial charge in [0.05, 0.1) is 5.69 Å². The van der Waals surface area contributed by atoms with Gasteiger partial charge in [0.1, 0.15) is 0 Å². The molecule has 3 rings (SSSR count). The third-order valence-electron chi connectivity index (χ3n) is 3.45. The molecule has 3 heteroatoms. The predicted octanol–water partition coefficient (Wildman–Crippen LogP) is 4.13. The molecule has 0 spiro atoms. The number of hydrogen-bond acceptors (Lipinski definition) is 2. The van der Waals surface area contributed by atoms with Crippen LogP contribution in [0.5, 0.6) is 0 Å². The van der Waals surface area contributed by atoms with Crippen LogP contribution in [0.25, 0.3) is 16.8 Å². The van der Waals surface area contributed by atoms with Gasteiger partial charge in [0, 0.05) is 40.8 Å². The Labute approximate surface area is 112 Å². The molecule has 2 nitrogen and oxygen atoms in total. The van der Waals surface area contributed by atoms with E-state index in [4.69, 9.17) is 11.6 Å². The summed E-state index contributed by atoms with van der Waals surface area (Å²) in [4.78, 5) is 6.42. The lowest BCUT2D eigenvalue weighted by atomic mass is 9.91. The molecule has 0 bridgehead atoms. The lowest BCUT2D eigenvalue weighted by Crippen LogP contribution is -2.21. The first-order valence-electron chi connectivity index (χ1n) is 5.78. The van der Waals surface area contributed by atoms with Crippen LogP contribution in [0.15, 0.2) is 37.0 Å². The van der Waals surface area contributed by atoms with E-state index in [0.717, 1.165) is 27.7 Å². The number of rotatable bonds is 0. The third-order valence-corrected chi connectivity index (χ3v) is 3.68. The van der Waals surface area contributed by atoms with Crippen molar-refractivity contribution >= 4 is 23.0 Å². The second-order valence-corrected chi connectivity index (χ2v) is 4.92. The van der Waals surface area contributed by atoms with E-state index in [-0.39, 0.29) is 0 Å². The predicted molar refractivity (Wildman–Crippen MR) is 76.9 cm³/mol. The number of aromatic nitrogens is 1. The Balaban J connectivity index is 2.38. The van der Waals surface area contributed by atoms with Crippen molar-refractivity contribution in [3.8, 4) is 11.1 Å². The minimum Gasteiger partial charge on any atom is -0.344 e. The van der Waals surface area contributed by atoms with Crippen molar-refractivity contribution in [3.05, 3.63) is 53.3 Å². The Hall–Kier alpha value is -1.80. The number of nitrogens with zero attached hydrogens (tertiary/aromatic N) is 2. The second kappa shape index (κ2) is 3.85. The third kappa shape index (κ3) is 1.46. The number of aryl methyl sites for hydroxylation is 1. The maximum Gasteiger partial charge on any atom is 0.0502 e. The monoisotopic (exact) mass is 256 g/mol. The highest BCUT2D eigenvalue weighted by atomic mass is 35.5. The molecule has 2 aromatic rings. The van der Waals surface area contributed by atoms with E-state index in [0.29, 0.717) is 0 Å². The summed E-state index contributed by atoms with van der Waals surface area (Å²) >= 11 is 6.08. The normalized spacial score (nSPS) is 13.3. The molecule has 0 atom stereocenters. The highest BCUT2D eigenvalue weighted by molar-refractivity contribution is 6.31. The Morgan fingerprint density at radius 3 is 2.78 bits per heavy atom. The van der Waals surface area contributed by atoms with Gasteiger partial charge in [-0.2, -0.15) is 0 Å². The molecule has 1 aliphatic rings. The van der Waals surface area contributed by atoms with Gasteiger partial charge >= 0.3 is 0 Å². The van der Waals surface area contributed by atoms with Crippen molar-refractivity contribution < 1.29 is 0 Å². The number of hydrogen-bond donors (Lipinski definition) is 0. The summed E-state index contributed by atoms with van der Waals surface area (Å²) in [5, 5.41) is 0.739. The van der Waals surface area contributed by atoms with E-state index in [1.807, 2.05) is 38.4 Å². The van der Waals surface area contributed by atoms with Gasteiger partial charge < -0.3 is 4.90 Å². The van der Waals surface area contributed by atoms with E-state index < -0.39 is 0 Å². The van der Waals surface area contributed by atoms with Crippen LogP contribution in [0.4, 0.5) is 5.69 Å². The van der Waals surface area contributed by atoms with Gasteiger partial charge in [-0.15, -0.1) is 0 Å². The van der Waals surface area contributed by atoms with E-state index in [9.17, 15) is 0 Å². The van der Waals surface area contributed by atoms with Crippen LogP contribution in [-0.2, 0) is 0 Å². The number of fused-ring (bicyclic) bond motifs is 3. The zero-order valence-corrected chi connectivity index (χ0v) is 11.1. The van der Waals surface area contributed by atoms with E-state index >= 15 is 0 Å². The average molecular weight is 257 g/mol. The van der Waals surface area contributed by atoms with E-state index in [2.05, 4.69) is 22.5 Å². The summed E-state index contributed by atoms with van der Waals surface area (Å²) in [7, 11) is 2.01. The first-order chi connectivity index (χ1) is 8.59. The Morgan fingerprint density at radius 1 is 1.22 bits per heavy atom. The molecule has 0 amide bonds. The minimum atomic E-state index is 0.739. The molecule has 1 aliphatic heterocycles. The van der Waals surface area contributed by atoms with Crippen LogP contribution < -0.4 is 4.90 Å². The molecule has 0 saturated heterocycles. The number of benzene rings is 1. The second-order valence-electron chi connectivity index (χ2n) is 4.49. The van der Waals surface area contributed by atoms with Crippen LogP contribution in [0.3, 0.4) is 0 Å². The van der Waals surface area contributed by atoms with Crippen LogP contribution >= 0.6 is 11.6 Å². The van der Waals surface area contributed by atoms with Gasteiger partial charge in [-0.25, -0.2) is 0 Å². The van der Waals surface area contributed by atoms with Crippen LogP contribution in [0, 0.1) is 6.92 Å². The zero-order chi connectivity index (χ0) is 12.9. The van der Waals surface area contributed by atoms with Gasteiger partial charge in [-0.05, 0) is 30.7 Å². The van der Waals surface area contributed by atoms with E-state index in [1.54, 1.807) is 0 Å². The molecule has 0 saturated carbocycles. The molecule has 90 valence electrons. The van der Waals surface area contributed by atoms with Crippen LogP contribution in [-0.4, -0.2) is 12.0 Å². The van der Waals surface area contributed by atoms with Crippen LogP contribution in [0.2, 0.25) is 5.02 Å². The maximum absolute atomic E-state index is 6.08. The molecular weight excluding hydrogens is 244 g/mol. The van der Waals surface area contributed by atoms with Gasteiger partial charge in [0.25, 0.3) is 0 Å². The molecule has 0 unspecified atom stereocenters. The van der Waals surface area contributed by atoms with Gasteiger partial charge in [-0.3, -0.25) is 4.98 Å². The Morgan fingerprint density at radius 2 is 2.00 bits per heavy atom. The number of anilines is 1. The Bertz CT molecular complexity index is 662. The van der Waals surface area contributed by atoms with Crippen molar-refractivity contribution in [3.63, 3.8) is 0 Å². The molecule has 0 fully saturated rings. The topological polar surface area (TPSA) is 16.1 Å². The van der Waals surface area contributed by atoms with Crippen molar-refractivity contribution in [2.24, 2.45) is 0 Å². The number of halogens is 1. The molecular formula is C15H13ClN2. The van der Waals surface area contributed by atoms with Crippen molar-refractivity contribution in [1.82, 2.24) is 4.98 Å². The summed E-state index contributed by atoms with van der Waals surface area (Å²) in [6.07, 6.45) is 1.84. The molecule has 18 heavy (non-hydrogen) atoms. The first-order valence-corrected chi connectivity index (χ1v) is 6.16. The summed E-state index contributed by atoms with van der Waals surface area (Å²) in [6.45, 7) is 6.18. The highest BCUT2D eigenvalue weighted by Crippen LogP contribution is 2.44. The fourth-order valence-corrected chi connectivity index (χ4v) is 2.64. The number of pyridine rings is 1. The summed E-state index contributed by atoms with van der Waals surface area (Å²) in [5.74, 6) is 0. The maximum atomic E-state index is 6.08. The molecule has 2 heterocycles. The van der Waals surface area contributed by atoms with Gasteiger partial charge in [0.15, 0.2) is 0 Å². The summed E-state index contributed by atoms with van der Waals surface area (Å²) in [6, 6.07) is 7.98. The average Bonchev–Trinajstić information content (AvgIpc) is 2.35. The zero-order valence-electron chi connectivity index (χ0n) is 10.4. The summed E-state index contributed by atoms with van der Waals surface area (Å²) < 4.78 is 0. The minimum absolute atomic E-state index is 0.739. The van der Waals surface area contributed by atoms with Crippen molar-refractivity contribution in [2.75, 3.05) is 11.9 Å². The lowest BCUT2D eigenvalue weighted by Gasteiger charge is -2.32. The highest BCUT2D eigenvalue weighted by Gasteiger charge is 2.24. The molecule has 0 N–H and O–H groups in total. The van der Waals surface area contributed by atoms with Crippen LogP contribution in [0.1, 0.15) is 11.3 Å². The Kier molecular flexibility index (Phi) is 2.42. The van der Waals surface area contributed by atoms with Crippen molar-refractivity contribution in [2.45, 2.75) is 6.92 Å². The van der Waals surface area contributed by atoms with Gasteiger partial charge in [-0.1, -0.05) is 24.2 Å². The molecule has 0 aliphatic carbocycles. The lowest BCUT2D eigenvalue weighted by molar-refractivity contribution is 1.13. The SMILES string of the molecule is C=C1c2c(ccnc2C)-c2ccc(Cl)cc2N1C. The smallest absolute Gasteiger partial charge is 0.0502 e. The fourth-order valence-electron chi connectivity index (χ4n) is 2.48. The first kappa shape index (κ1) is 11.3. The van der Waals surface area contributed by atoms with E-state index in [1.165, 1.54) is 11.1 Å². The molecule has 1 aromatic heterocycles. The van der Waals surface area contributed by atoms with Gasteiger partial charge in [0.2, 0.25) is 0 Å². The molecule has 0 radical (unpaired) electrons. The van der Waals surface area contributed by atoms with Crippen molar-refractivity contribution in [1.29, 1.82) is 0 Å². The molecule has 1 aromatic carbocycles. The fraction of sp³-hybridized carbons (Fsp3) is 0.133. The standard InChI is InChI=1S/C15H13ClN2/c1-9-15-10(2)18(3)14-8-11(16)4-5-12(14)13(15)6-7-17-9/h4-8H,2H2,1,3H3.